The Labute approximate surface area is 112 Å². The molecule has 1 heterocycles. The van der Waals surface area contributed by atoms with E-state index < -0.39 is 0 Å². The van der Waals surface area contributed by atoms with E-state index in [-0.39, 0.29) is 5.97 Å². The Hall–Kier alpha value is -2.49. The fraction of sp³-hybridized carbons (Fsp3) is 0.133. The number of nitrogens with two attached hydrogens (primary N) is 1. The molecule has 0 spiro atoms. The van der Waals surface area contributed by atoms with E-state index in [1.807, 2.05) is 47.2 Å². The molecule has 2 N–H and O–H groups in total. The maximum Gasteiger partial charge on any atom is 0.330 e. The predicted molar refractivity (Wildman–Crippen MR) is 75.8 cm³/mol. The number of nitrogen functional groups attached to an aromatic ring is 1. The van der Waals surface area contributed by atoms with Gasteiger partial charge in [0.2, 0.25) is 0 Å². The molecular weight excluding hydrogens is 240 g/mol. The average Bonchev–Trinajstić information content (AvgIpc) is 2.85. The van der Waals surface area contributed by atoms with Crippen LogP contribution in [0.5, 0.6) is 0 Å². The van der Waals surface area contributed by atoms with E-state index in [1.165, 1.54) is 6.08 Å². The largest absolute Gasteiger partial charge is 0.463 e. The molecule has 19 heavy (non-hydrogen) atoms. The number of hydrogen-bond acceptors (Lipinski definition) is 3. The SMILES string of the molecule is CCOC(=O)/C=C/c1cccn1-c1ccccc1N. The highest BCUT2D eigenvalue weighted by Crippen LogP contribution is 2.19. The summed E-state index contributed by atoms with van der Waals surface area (Å²) < 4.78 is 6.77. The van der Waals surface area contributed by atoms with Crippen molar-refractivity contribution < 1.29 is 9.53 Å². The second kappa shape index (κ2) is 5.91. The number of nitrogens with zero attached hydrogens (tertiary/aromatic N) is 1. The van der Waals surface area contributed by atoms with E-state index in [0.717, 1.165) is 11.4 Å². The molecule has 98 valence electrons. The smallest absolute Gasteiger partial charge is 0.330 e. The van der Waals surface area contributed by atoms with Crippen LogP contribution in [0.25, 0.3) is 11.8 Å². The van der Waals surface area contributed by atoms with Crippen molar-refractivity contribution in [3.8, 4) is 5.69 Å². The number of rotatable bonds is 4. The molecule has 0 aliphatic rings. The van der Waals surface area contributed by atoms with Gasteiger partial charge in [0.25, 0.3) is 0 Å². The van der Waals surface area contributed by atoms with Crippen LogP contribution < -0.4 is 5.73 Å². The normalized spacial score (nSPS) is 10.8. The van der Waals surface area contributed by atoms with Crippen molar-refractivity contribution in [1.82, 2.24) is 4.57 Å². The van der Waals surface area contributed by atoms with Crippen molar-refractivity contribution in [3.63, 3.8) is 0 Å². The van der Waals surface area contributed by atoms with Gasteiger partial charge in [0, 0.05) is 18.0 Å². The molecule has 1 aromatic carbocycles. The molecule has 1 aromatic heterocycles. The monoisotopic (exact) mass is 256 g/mol. The summed E-state index contributed by atoms with van der Waals surface area (Å²) in [7, 11) is 0. The molecule has 0 unspecified atom stereocenters. The van der Waals surface area contributed by atoms with Gasteiger partial charge < -0.3 is 15.0 Å². The quantitative estimate of drug-likeness (QED) is 0.519. The molecule has 4 nitrogen and oxygen atoms in total. The minimum Gasteiger partial charge on any atom is -0.463 e. The zero-order valence-electron chi connectivity index (χ0n) is 10.7. The molecule has 0 saturated heterocycles. The van der Waals surface area contributed by atoms with Gasteiger partial charge in [-0.3, -0.25) is 0 Å². The number of ether oxygens (including phenoxy) is 1. The first-order valence-corrected chi connectivity index (χ1v) is 6.09. The summed E-state index contributed by atoms with van der Waals surface area (Å²) in [6.45, 7) is 2.15. The average molecular weight is 256 g/mol. The lowest BCUT2D eigenvalue weighted by molar-refractivity contribution is -0.137. The number of anilines is 1. The number of carbonyl (C=O) groups is 1. The number of para-hydroxylation sites is 2. The number of aromatic nitrogens is 1. The van der Waals surface area contributed by atoms with Gasteiger partial charge in [-0.1, -0.05) is 12.1 Å². The van der Waals surface area contributed by atoms with Gasteiger partial charge in [-0.2, -0.15) is 0 Å². The molecule has 2 rings (SSSR count). The fourth-order valence-corrected chi connectivity index (χ4v) is 1.80. The zero-order valence-corrected chi connectivity index (χ0v) is 10.7. The van der Waals surface area contributed by atoms with Gasteiger partial charge in [0.05, 0.1) is 18.0 Å². The predicted octanol–water partition coefficient (Wildman–Crippen LogP) is 2.64. The lowest BCUT2D eigenvalue weighted by Crippen LogP contribution is -2.01. The zero-order chi connectivity index (χ0) is 13.7. The third kappa shape index (κ3) is 3.04. The standard InChI is InChI=1S/C15H16N2O2/c1-2-19-15(18)10-9-12-6-5-11-17(12)14-8-4-3-7-13(14)16/h3-11H,2,16H2,1H3/b10-9+. The van der Waals surface area contributed by atoms with Crippen molar-refractivity contribution in [2.24, 2.45) is 0 Å². The van der Waals surface area contributed by atoms with E-state index in [9.17, 15) is 4.79 Å². The molecule has 0 radical (unpaired) electrons. The van der Waals surface area contributed by atoms with E-state index in [4.69, 9.17) is 10.5 Å². The summed E-state index contributed by atoms with van der Waals surface area (Å²) >= 11 is 0. The third-order valence-electron chi connectivity index (χ3n) is 2.65. The van der Waals surface area contributed by atoms with E-state index >= 15 is 0 Å². The van der Waals surface area contributed by atoms with Crippen LogP contribution in [0.2, 0.25) is 0 Å². The van der Waals surface area contributed by atoms with Gasteiger partial charge in [-0.15, -0.1) is 0 Å². The number of esters is 1. The van der Waals surface area contributed by atoms with Crippen LogP contribution in [-0.2, 0) is 9.53 Å². The summed E-state index contributed by atoms with van der Waals surface area (Å²) in [5.74, 6) is -0.351. The van der Waals surface area contributed by atoms with Crippen molar-refractivity contribution in [3.05, 3.63) is 54.4 Å². The van der Waals surface area contributed by atoms with Crippen LogP contribution in [0.1, 0.15) is 12.6 Å². The maximum atomic E-state index is 11.3. The van der Waals surface area contributed by atoms with Gasteiger partial charge in [-0.05, 0) is 37.3 Å². The topological polar surface area (TPSA) is 57.2 Å². The Bertz CT molecular complexity index is 600. The van der Waals surface area contributed by atoms with Crippen LogP contribution in [0, 0.1) is 0 Å². The van der Waals surface area contributed by atoms with Crippen molar-refractivity contribution in [2.45, 2.75) is 6.92 Å². The highest BCUT2D eigenvalue weighted by molar-refractivity contribution is 5.87. The highest BCUT2D eigenvalue weighted by Gasteiger charge is 2.04. The Balaban J connectivity index is 2.28. The Kier molecular flexibility index (Phi) is 4.03. The van der Waals surface area contributed by atoms with Crippen LogP contribution in [0.4, 0.5) is 5.69 Å². The van der Waals surface area contributed by atoms with Gasteiger partial charge in [-0.25, -0.2) is 4.79 Å². The molecule has 0 atom stereocenters. The number of carbonyl (C=O) groups excluding carboxylic acids is 1. The van der Waals surface area contributed by atoms with Crippen molar-refractivity contribution in [2.75, 3.05) is 12.3 Å². The summed E-state index contributed by atoms with van der Waals surface area (Å²) in [5.41, 5.74) is 8.38. The molecular formula is C15H16N2O2. The molecule has 4 heteroatoms. The maximum absolute atomic E-state index is 11.3. The molecule has 0 aliphatic carbocycles. The van der Waals surface area contributed by atoms with Crippen molar-refractivity contribution >= 4 is 17.7 Å². The summed E-state index contributed by atoms with van der Waals surface area (Å²) in [4.78, 5) is 11.3. The highest BCUT2D eigenvalue weighted by atomic mass is 16.5. The second-order valence-corrected chi connectivity index (χ2v) is 3.95. The number of benzene rings is 1. The lowest BCUT2D eigenvalue weighted by Gasteiger charge is -2.09. The number of hydrogen-bond donors (Lipinski definition) is 1. The van der Waals surface area contributed by atoms with Crippen LogP contribution in [-0.4, -0.2) is 17.1 Å². The first-order valence-electron chi connectivity index (χ1n) is 6.09. The molecule has 0 amide bonds. The second-order valence-electron chi connectivity index (χ2n) is 3.95. The molecule has 2 aromatic rings. The Morgan fingerprint density at radius 1 is 1.32 bits per heavy atom. The minimum atomic E-state index is -0.351. The van der Waals surface area contributed by atoms with Crippen molar-refractivity contribution in [1.29, 1.82) is 0 Å². The van der Waals surface area contributed by atoms with E-state index in [2.05, 4.69) is 0 Å². The molecule has 0 saturated carbocycles. The van der Waals surface area contributed by atoms with Crippen LogP contribution >= 0.6 is 0 Å². The first-order chi connectivity index (χ1) is 9.22. The molecule has 0 fully saturated rings. The Morgan fingerprint density at radius 3 is 2.84 bits per heavy atom. The minimum absolute atomic E-state index is 0.351. The first kappa shape index (κ1) is 13.0. The van der Waals surface area contributed by atoms with E-state index in [0.29, 0.717) is 12.3 Å². The van der Waals surface area contributed by atoms with Gasteiger partial charge >= 0.3 is 5.97 Å². The van der Waals surface area contributed by atoms with Gasteiger partial charge in [0.15, 0.2) is 0 Å². The summed E-state index contributed by atoms with van der Waals surface area (Å²) in [5, 5.41) is 0. The van der Waals surface area contributed by atoms with Gasteiger partial charge in [0.1, 0.15) is 0 Å². The molecule has 0 bridgehead atoms. The third-order valence-corrected chi connectivity index (χ3v) is 2.65. The van der Waals surface area contributed by atoms with E-state index in [1.54, 1.807) is 13.0 Å². The molecule has 0 aliphatic heterocycles. The fourth-order valence-electron chi connectivity index (χ4n) is 1.80. The Morgan fingerprint density at radius 2 is 2.11 bits per heavy atom. The summed E-state index contributed by atoms with van der Waals surface area (Å²) in [6, 6.07) is 11.4. The lowest BCUT2D eigenvalue weighted by atomic mass is 10.2. The van der Waals surface area contributed by atoms with Crippen LogP contribution in [0.3, 0.4) is 0 Å². The summed E-state index contributed by atoms with van der Waals surface area (Å²) in [6.07, 6.45) is 5.02. The van der Waals surface area contributed by atoms with Crippen LogP contribution in [0.15, 0.2) is 48.7 Å².